The number of amides is 2. The molecule has 0 aromatic heterocycles. The smallest absolute Gasteiger partial charge is 0.246 e. The number of methoxy groups -OCH3 is 1. The number of hydrogen-bond acceptors (Lipinski definition) is 6. The Bertz CT molecular complexity index is 249. The average Bonchev–Trinajstić information content (AvgIpc) is 2.36. The summed E-state index contributed by atoms with van der Waals surface area (Å²) in [5.41, 5.74) is 4.84. The van der Waals surface area contributed by atoms with Crippen molar-refractivity contribution in [1.82, 2.24) is 5.32 Å². The third kappa shape index (κ3) is 14.7. The molecule has 2 amide bonds. The lowest BCUT2D eigenvalue weighted by atomic mass is 10.5. The van der Waals surface area contributed by atoms with Gasteiger partial charge in [-0.1, -0.05) is 0 Å². The van der Waals surface area contributed by atoms with Gasteiger partial charge in [0.05, 0.1) is 33.0 Å². The molecule has 0 radical (unpaired) electrons. The van der Waals surface area contributed by atoms with E-state index in [4.69, 9.17) is 24.7 Å². The third-order valence-corrected chi connectivity index (χ3v) is 1.85. The first kappa shape index (κ1) is 17.8. The Labute approximate surface area is 112 Å². The van der Waals surface area contributed by atoms with Crippen molar-refractivity contribution in [2.24, 2.45) is 5.73 Å². The lowest BCUT2D eigenvalue weighted by Crippen LogP contribution is -2.32. The van der Waals surface area contributed by atoms with Gasteiger partial charge in [0.25, 0.3) is 0 Å². The standard InChI is InChI=1S/C11H22N2O6/c1-16-4-5-18-7-6-17-3-2-13-11(15)9-19-8-10(12)14/h2-9H2,1H3,(H2,12,14)(H,13,15). The molecule has 8 nitrogen and oxygen atoms in total. The van der Waals surface area contributed by atoms with E-state index in [1.165, 1.54) is 0 Å². The lowest BCUT2D eigenvalue weighted by Gasteiger charge is -2.07. The number of nitrogens with one attached hydrogen (secondary N) is 1. The van der Waals surface area contributed by atoms with Gasteiger partial charge in [0.2, 0.25) is 11.8 Å². The van der Waals surface area contributed by atoms with Gasteiger partial charge < -0.3 is 30.0 Å². The largest absolute Gasteiger partial charge is 0.382 e. The SMILES string of the molecule is COCCOCCOCCNC(=O)COCC(N)=O. The highest BCUT2D eigenvalue weighted by molar-refractivity contribution is 5.78. The molecule has 0 saturated carbocycles. The third-order valence-electron chi connectivity index (χ3n) is 1.85. The molecule has 0 spiro atoms. The fourth-order valence-corrected chi connectivity index (χ4v) is 1.02. The molecular formula is C11H22N2O6. The van der Waals surface area contributed by atoms with Gasteiger partial charge in [-0.05, 0) is 0 Å². The van der Waals surface area contributed by atoms with E-state index in [2.05, 4.69) is 5.32 Å². The highest BCUT2D eigenvalue weighted by Gasteiger charge is 2.01. The number of hydrogen-bond donors (Lipinski definition) is 2. The highest BCUT2D eigenvalue weighted by Crippen LogP contribution is 1.80. The average molecular weight is 278 g/mol. The molecule has 19 heavy (non-hydrogen) atoms. The second-order valence-corrected chi connectivity index (χ2v) is 3.53. The molecule has 112 valence electrons. The van der Waals surface area contributed by atoms with Crippen LogP contribution in [0, 0.1) is 0 Å². The maximum Gasteiger partial charge on any atom is 0.246 e. The van der Waals surface area contributed by atoms with Crippen LogP contribution in [0.3, 0.4) is 0 Å². The number of carbonyl (C=O) groups excluding carboxylic acids is 2. The molecule has 0 rings (SSSR count). The lowest BCUT2D eigenvalue weighted by molar-refractivity contribution is -0.129. The van der Waals surface area contributed by atoms with Crippen LogP contribution in [0.1, 0.15) is 0 Å². The van der Waals surface area contributed by atoms with Crippen molar-refractivity contribution < 1.29 is 28.5 Å². The summed E-state index contributed by atoms with van der Waals surface area (Å²) >= 11 is 0. The fraction of sp³-hybridized carbons (Fsp3) is 0.818. The summed E-state index contributed by atoms with van der Waals surface area (Å²) in [6.07, 6.45) is 0. The van der Waals surface area contributed by atoms with Crippen LogP contribution in [0.15, 0.2) is 0 Å². The van der Waals surface area contributed by atoms with Gasteiger partial charge >= 0.3 is 0 Å². The molecule has 0 atom stereocenters. The number of rotatable bonds is 13. The Kier molecular flexibility index (Phi) is 12.4. The minimum Gasteiger partial charge on any atom is -0.382 e. The molecule has 8 heteroatoms. The summed E-state index contributed by atoms with van der Waals surface area (Å²) in [7, 11) is 1.61. The molecular weight excluding hydrogens is 256 g/mol. The zero-order valence-electron chi connectivity index (χ0n) is 11.2. The van der Waals surface area contributed by atoms with Crippen molar-refractivity contribution in [2.75, 3.05) is 59.9 Å². The fourth-order valence-electron chi connectivity index (χ4n) is 1.02. The molecule has 0 heterocycles. The van der Waals surface area contributed by atoms with E-state index >= 15 is 0 Å². The molecule has 0 aliphatic rings. The Balaban J connectivity index is 3.16. The van der Waals surface area contributed by atoms with Crippen LogP contribution >= 0.6 is 0 Å². The van der Waals surface area contributed by atoms with Crippen LogP contribution < -0.4 is 11.1 Å². The molecule has 0 aliphatic carbocycles. The molecule has 0 saturated heterocycles. The Morgan fingerprint density at radius 1 is 0.947 bits per heavy atom. The summed E-state index contributed by atoms with van der Waals surface area (Å²) < 4.78 is 19.9. The Morgan fingerprint density at radius 2 is 1.58 bits per heavy atom. The van der Waals surface area contributed by atoms with Crippen LogP contribution in [-0.4, -0.2) is 71.7 Å². The Hall–Kier alpha value is -1.22. The molecule has 0 unspecified atom stereocenters. The summed E-state index contributed by atoms with van der Waals surface area (Å²) in [4.78, 5) is 21.5. The predicted molar refractivity (Wildman–Crippen MR) is 66.5 cm³/mol. The maximum absolute atomic E-state index is 11.1. The predicted octanol–water partition coefficient (Wildman–Crippen LogP) is -1.72. The molecule has 0 aromatic rings. The minimum absolute atomic E-state index is 0.191. The van der Waals surface area contributed by atoms with E-state index in [0.29, 0.717) is 39.6 Å². The van der Waals surface area contributed by atoms with E-state index in [-0.39, 0.29) is 19.1 Å². The minimum atomic E-state index is -0.607. The first-order valence-corrected chi connectivity index (χ1v) is 5.94. The summed E-state index contributed by atoms with van der Waals surface area (Å²) in [5.74, 6) is -0.925. The van der Waals surface area contributed by atoms with E-state index in [1.54, 1.807) is 7.11 Å². The van der Waals surface area contributed by atoms with Crippen molar-refractivity contribution in [1.29, 1.82) is 0 Å². The number of nitrogens with two attached hydrogens (primary N) is 1. The highest BCUT2D eigenvalue weighted by atomic mass is 16.5. The van der Waals surface area contributed by atoms with Gasteiger partial charge in [0.15, 0.2) is 0 Å². The summed E-state index contributed by atoms with van der Waals surface area (Å²) in [6, 6.07) is 0. The number of primary amides is 1. The Morgan fingerprint density at radius 3 is 2.21 bits per heavy atom. The molecule has 0 bridgehead atoms. The van der Waals surface area contributed by atoms with Crippen LogP contribution in [-0.2, 0) is 28.5 Å². The first-order valence-electron chi connectivity index (χ1n) is 5.94. The van der Waals surface area contributed by atoms with Crippen molar-refractivity contribution >= 4 is 11.8 Å². The molecule has 0 aliphatic heterocycles. The summed E-state index contributed by atoms with van der Waals surface area (Å²) in [6.45, 7) is 2.34. The molecule has 3 N–H and O–H groups in total. The van der Waals surface area contributed by atoms with E-state index in [1.807, 2.05) is 0 Å². The van der Waals surface area contributed by atoms with Crippen molar-refractivity contribution in [3.63, 3.8) is 0 Å². The van der Waals surface area contributed by atoms with Gasteiger partial charge in [-0.2, -0.15) is 0 Å². The van der Waals surface area contributed by atoms with E-state index in [9.17, 15) is 9.59 Å². The molecule has 0 aromatic carbocycles. The number of ether oxygens (including phenoxy) is 4. The van der Waals surface area contributed by atoms with E-state index < -0.39 is 5.91 Å². The monoisotopic (exact) mass is 278 g/mol. The second-order valence-electron chi connectivity index (χ2n) is 3.53. The second kappa shape index (κ2) is 13.2. The van der Waals surface area contributed by atoms with Crippen molar-refractivity contribution in [2.45, 2.75) is 0 Å². The topological polar surface area (TPSA) is 109 Å². The van der Waals surface area contributed by atoms with Crippen LogP contribution in [0.5, 0.6) is 0 Å². The van der Waals surface area contributed by atoms with Crippen molar-refractivity contribution in [3.8, 4) is 0 Å². The van der Waals surface area contributed by atoms with Gasteiger partial charge in [-0.15, -0.1) is 0 Å². The van der Waals surface area contributed by atoms with Gasteiger partial charge in [0.1, 0.15) is 13.2 Å². The maximum atomic E-state index is 11.1. The zero-order valence-corrected chi connectivity index (χ0v) is 11.2. The summed E-state index contributed by atoms with van der Waals surface area (Å²) in [5, 5.41) is 2.57. The molecule has 0 fully saturated rings. The van der Waals surface area contributed by atoms with Crippen LogP contribution in [0.2, 0.25) is 0 Å². The van der Waals surface area contributed by atoms with Gasteiger partial charge in [-0.3, -0.25) is 9.59 Å². The number of carbonyl (C=O) groups is 2. The van der Waals surface area contributed by atoms with Crippen molar-refractivity contribution in [3.05, 3.63) is 0 Å². The van der Waals surface area contributed by atoms with Gasteiger partial charge in [-0.25, -0.2) is 0 Å². The first-order chi connectivity index (χ1) is 9.16. The van der Waals surface area contributed by atoms with Crippen LogP contribution in [0.25, 0.3) is 0 Å². The van der Waals surface area contributed by atoms with E-state index in [0.717, 1.165) is 0 Å². The quantitative estimate of drug-likeness (QED) is 0.388. The normalized spacial score (nSPS) is 10.4. The zero-order chi connectivity index (χ0) is 14.3. The van der Waals surface area contributed by atoms with Crippen LogP contribution in [0.4, 0.5) is 0 Å². The van der Waals surface area contributed by atoms with Gasteiger partial charge in [0, 0.05) is 13.7 Å².